The van der Waals surface area contributed by atoms with Gasteiger partial charge in [0.1, 0.15) is 5.84 Å². The average Bonchev–Trinajstić information content (AvgIpc) is 2.24. The smallest absolute Gasteiger partial charge is 0.109 e. The van der Waals surface area contributed by atoms with Crippen LogP contribution in [0.4, 0.5) is 0 Å². The SMILES string of the molecule is C[C@@H]1N=C(C(C)(C)C)N2CCNCC2=C1C(C)(C)C. The van der Waals surface area contributed by atoms with Crippen molar-refractivity contribution in [1.82, 2.24) is 10.2 Å². The van der Waals surface area contributed by atoms with Crippen molar-refractivity contribution in [2.75, 3.05) is 19.6 Å². The fourth-order valence-corrected chi connectivity index (χ4v) is 3.32. The Morgan fingerprint density at radius 2 is 1.74 bits per heavy atom. The topological polar surface area (TPSA) is 27.6 Å². The van der Waals surface area contributed by atoms with Crippen molar-refractivity contribution in [3.8, 4) is 0 Å². The van der Waals surface area contributed by atoms with E-state index in [4.69, 9.17) is 4.99 Å². The number of piperazine rings is 1. The van der Waals surface area contributed by atoms with Crippen LogP contribution in [0.3, 0.4) is 0 Å². The number of nitrogens with one attached hydrogen (secondary N) is 1. The highest BCUT2D eigenvalue weighted by Gasteiger charge is 2.38. The maximum Gasteiger partial charge on any atom is 0.109 e. The first kappa shape index (κ1) is 14.6. The molecule has 3 heteroatoms. The molecule has 0 saturated carbocycles. The van der Waals surface area contributed by atoms with Gasteiger partial charge in [0.2, 0.25) is 0 Å². The van der Waals surface area contributed by atoms with Crippen LogP contribution in [0.25, 0.3) is 0 Å². The molecule has 19 heavy (non-hydrogen) atoms. The van der Waals surface area contributed by atoms with Gasteiger partial charge in [-0.3, -0.25) is 4.99 Å². The number of hydrogen-bond donors (Lipinski definition) is 1. The van der Waals surface area contributed by atoms with E-state index in [9.17, 15) is 0 Å². The molecule has 3 nitrogen and oxygen atoms in total. The van der Waals surface area contributed by atoms with Crippen LogP contribution in [0.15, 0.2) is 16.3 Å². The van der Waals surface area contributed by atoms with Crippen LogP contribution in [0.1, 0.15) is 48.5 Å². The molecular formula is C16H29N3. The van der Waals surface area contributed by atoms with Crippen LogP contribution in [0, 0.1) is 10.8 Å². The van der Waals surface area contributed by atoms with Gasteiger partial charge in [-0.15, -0.1) is 0 Å². The van der Waals surface area contributed by atoms with Gasteiger partial charge in [-0.25, -0.2) is 0 Å². The van der Waals surface area contributed by atoms with Crippen LogP contribution in [0.5, 0.6) is 0 Å². The fraction of sp³-hybridized carbons (Fsp3) is 0.812. The highest BCUT2D eigenvalue weighted by Crippen LogP contribution is 2.39. The van der Waals surface area contributed by atoms with Gasteiger partial charge >= 0.3 is 0 Å². The average molecular weight is 263 g/mol. The molecule has 0 radical (unpaired) electrons. The molecule has 108 valence electrons. The lowest BCUT2D eigenvalue weighted by atomic mass is 9.78. The normalized spacial score (nSPS) is 25.3. The maximum absolute atomic E-state index is 5.04. The predicted molar refractivity (Wildman–Crippen MR) is 82.4 cm³/mol. The monoisotopic (exact) mass is 263 g/mol. The summed E-state index contributed by atoms with van der Waals surface area (Å²) in [5.41, 5.74) is 3.25. The lowest BCUT2D eigenvalue weighted by molar-refractivity contribution is 0.335. The molecule has 0 amide bonds. The zero-order valence-electron chi connectivity index (χ0n) is 13.6. The molecule has 2 heterocycles. The van der Waals surface area contributed by atoms with Crippen LogP contribution < -0.4 is 5.32 Å². The van der Waals surface area contributed by atoms with Crippen molar-refractivity contribution < 1.29 is 0 Å². The molecule has 1 saturated heterocycles. The third-order valence-corrected chi connectivity index (χ3v) is 3.91. The number of nitrogens with zero attached hydrogens (tertiary/aromatic N) is 2. The minimum atomic E-state index is 0.111. The minimum absolute atomic E-state index is 0.111. The number of fused-ring (bicyclic) bond motifs is 1. The summed E-state index contributed by atoms with van der Waals surface area (Å²) in [5.74, 6) is 1.25. The molecular weight excluding hydrogens is 234 g/mol. The van der Waals surface area contributed by atoms with Gasteiger partial charge in [-0.1, -0.05) is 41.5 Å². The lowest BCUT2D eigenvalue weighted by Crippen LogP contribution is -2.53. The van der Waals surface area contributed by atoms with Gasteiger partial charge in [-0.05, 0) is 17.9 Å². The molecule has 1 N–H and O–H groups in total. The third kappa shape index (κ3) is 2.71. The van der Waals surface area contributed by atoms with E-state index in [2.05, 4.69) is 58.7 Å². The summed E-state index contributed by atoms with van der Waals surface area (Å²) in [6.07, 6.45) is 0. The van der Waals surface area contributed by atoms with Crippen LogP contribution in [0.2, 0.25) is 0 Å². The Kier molecular flexibility index (Phi) is 3.54. The number of aliphatic imine (C=N–C) groups is 1. The van der Waals surface area contributed by atoms with E-state index >= 15 is 0 Å². The van der Waals surface area contributed by atoms with Gasteiger partial charge in [-0.2, -0.15) is 0 Å². The lowest BCUT2D eigenvalue weighted by Gasteiger charge is -2.46. The van der Waals surface area contributed by atoms with E-state index in [1.54, 1.807) is 0 Å². The van der Waals surface area contributed by atoms with E-state index in [-0.39, 0.29) is 10.8 Å². The Labute approximate surface area is 118 Å². The highest BCUT2D eigenvalue weighted by molar-refractivity contribution is 5.90. The Morgan fingerprint density at radius 1 is 1.11 bits per heavy atom. The quantitative estimate of drug-likeness (QED) is 0.727. The Morgan fingerprint density at radius 3 is 2.26 bits per heavy atom. The van der Waals surface area contributed by atoms with E-state index in [0.717, 1.165) is 19.6 Å². The molecule has 2 rings (SSSR count). The first-order valence-corrected chi connectivity index (χ1v) is 7.42. The van der Waals surface area contributed by atoms with Gasteiger partial charge in [0, 0.05) is 30.7 Å². The van der Waals surface area contributed by atoms with E-state index in [0.29, 0.717) is 6.04 Å². The Bertz CT molecular complexity index is 418. The maximum atomic E-state index is 5.04. The third-order valence-electron chi connectivity index (χ3n) is 3.91. The fourth-order valence-electron chi connectivity index (χ4n) is 3.32. The first-order chi connectivity index (χ1) is 8.62. The zero-order valence-corrected chi connectivity index (χ0v) is 13.6. The molecule has 0 unspecified atom stereocenters. The van der Waals surface area contributed by atoms with Crippen molar-refractivity contribution >= 4 is 5.84 Å². The zero-order chi connectivity index (χ0) is 14.4. The van der Waals surface area contributed by atoms with Gasteiger partial charge in [0.05, 0.1) is 6.04 Å². The number of hydrogen-bond acceptors (Lipinski definition) is 3. The molecule has 2 aliphatic rings. The molecule has 0 aromatic rings. The molecule has 0 bridgehead atoms. The molecule has 1 fully saturated rings. The summed E-state index contributed by atoms with van der Waals surface area (Å²) in [4.78, 5) is 7.51. The van der Waals surface area contributed by atoms with E-state index in [1.165, 1.54) is 17.1 Å². The van der Waals surface area contributed by atoms with Gasteiger partial charge in [0.25, 0.3) is 0 Å². The predicted octanol–water partition coefficient (Wildman–Crippen LogP) is 3.04. The summed E-state index contributed by atoms with van der Waals surface area (Å²) in [7, 11) is 0. The largest absolute Gasteiger partial charge is 0.331 e. The molecule has 1 atom stereocenters. The minimum Gasteiger partial charge on any atom is -0.331 e. The Balaban J connectivity index is 2.50. The molecule has 0 aromatic heterocycles. The Hall–Kier alpha value is -0.830. The van der Waals surface area contributed by atoms with Crippen molar-refractivity contribution in [2.45, 2.75) is 54.5 Å². The van der Waals surface area contributed by atoms with Crippen LogP contribution >= 0.6 is 0 Å². The van der Waals surface area contributed by atoms with E-state index < -0.39 is 0 Å². The summed E-state index contributed by atoms with van der Waals surface area (Å²) >= 11 is 0. The molecule has 0 spiro atoms. The summed E-state index contributed by atoms with van der Waals surface area (Å²) in [6.45, 7) is 19.0. The van der Waals surface area contributed by atoms with Gasteiger partial charge in [0.15, 0.2) is 0 Å². The second-order valence-electron chi connectivity index (χ2n) is 7.82. The van der Waals surface area contributed by atoms with Crippen LogP contribution in [-0.2, 0) is 0 Å². The number of amidine groups is 1. The standard InChI is InChI=1S/C16H29N3/c1-11-13(15(2,3)4)12-10-17-8-9-19(12)14(18-11)16(5,6)7/h11,17H,8-10H2,1-7H3/t11-/m0/s1. The molecule has 2 aliphatic heterocycles. The summed E-state index contributed by atoms with van der Waals surface area (Å²) in [6, 6.07) is 0.292. The van der Waals surface area contributed by atoms with Crippen molar-refractivity contribution in [3.05, 3.63) is 11.3 Å². The van der Waals surface area contributed by atoms with Crippen LogP contribution in [-0.4, -0.2) is 36.4 Å². The van der Waals surface area contributed by atoms with Crippen molar-refractivity contribution in [2.24, 2.45) is 15.8 Å². The highest BCUT2D eigenvalue weighted by atomic mass is 15.3. The molecule has 0 aliphatic carbocycles. The number of rotatable bonds is 0. The van der Waals surface area contributed by atoms with Crippen molar-refractivity contribution in [1.29, 1.82) is 0 Å². The first-order valence-electron chi connectivity index (χ1n) is 7.42. The summed E-state index contributed by atoms with van der Waals surface area (Å²) in [5, 5.41) is 3.52. The second kappa shape index (κ2) is 4.62. The summed E-state index contributed by atoms with van der Waals surface area (Å²) < 4.78 is 0. The molecule has 0 aromatic carbocycles. The van der Waals surface area contributed by atoms with Gasteiger partial charge < -0.3 is 10.2 Å². The van der Waals surface area contributed by atoms with Crippen molar-refractivity contribution in [3.63, 3.8) is 0 Å². The second-order valence-corrected chi connectivity index (χ2v) is 7.82. The van der Waals surface area contributed by atoms with E-state index in [1.807, 2.05) is 0 Å².